The van der Waals surface area contributed by atoms with E-state index in [0.717, 1.165) is 21.3 Å². The van der Waals surface area contributed by atoms with Gasteiger partial charge in [-0.3, -0.25) is 24.2 Å². The van der Waals surface area contributed by atoms with Crippen molar-refractivity contribution in [3.63, 3.8) is 0 Å². The zero-order valence-corrected chi connectivity index (χ0v) is 19.9. The molecule has 0 spiro atoms. The van der Waals surface area contributed by atoms with E-state index in [1.807, 2.05) is 49.4 Å². The van der Waals surface area contributed by atoms with Gasteiger partial charge in [0.1, 0.15) is 0 Å². The molecule has 1 aliphatic rings. The predicted molar refractivity (Wildman–Crippen MR) is 134 cm³/mol. The summed E-state index contributed by atoms with van der Waals surface area (Å²) in [5, 5.41) is 1.15. The van der Waals surface area contributed by atoms with E-state index in [-0.39, 0.29) is 30.6 Å². The standard InChI is InChI=1S/C26H20ClN3O3S/c1-16-7-12-20(27)24-23(16)28-26(34-24)29(15-17-5-3-2-4-6-17)25(33)18-8-10-19(11-9-18)30-21(31)13-14-22(30)32/h2-12H,13-15H2,1H3. The summed E-state index contributed by atoms with van der Waals surface area (Å²) in [6, 6.07) is 20.0. The van der Waals surface area contributed by atoms with Gasteiger partial charge in [-0.2, -0.15) is 0 Å². The van der Waals surface area contributed by atoms with Gasteiger partial charge in [-0.1, -0.05) is 59.3 Å². The largest absolute Gasteiger partial charge is 0.279 e. The molecule has 0 atom stereocenters. The number of fused-ring (bicyclic) bond motifs is 1. The van der Waals surface area contributed by atoms with Crippen molar-refractivity contribution in [3.05, 3.63) is 88.4 Å². The van der Waals surface area contributed by atoms with E-state index >= 15 is 0 Å². The number of benzene rings is 3. The monoisotopic (exact) mass is 489 g/mol. The van der Waals surface area contributed by atoms with E-state index in [2.05, 4.69) is 0 Å². The maximum atomic E-state index is 13.7. The molecule has 0 N–H and O–H groups in total. The first-order valence-corrected chi connectivity index (χ1v) is 12.0. The van der Waals surface area contributed by atoms with Gasteiger partial charge in [-0.05, 0) is 48.4 Å². The van der Waals surface area contributed by atoms with Crippen molar-refractivity contribution < 1.29 is 14.4 Å². The lowest BCUT2D eigenvalue weighted by molar-refractivity contribution is -0.121. The van der Waals surface area contributed by atoms with Crippen LogP contribution >= 0.6 is 22.9 Å². The highest BCUT2D eigenvalue weighted by atomic mass is 35.5. The Hall–Kier alpha value is -3.55. The van der Waals surface area contributed by atoms with Gasteiger partial charge in [0, 0.05) is 18.4 Å². The highest BCUT2D eigenvalue weighted by Gasteiger charge is 2.30. The lowest BCUT2D eigenvalue weighted by atomic mass is 10.1. The highest BCUT2D eigenvalue weighted by molar-refractivity contribution is 7.23. The van der Waals surface area contributed by atoms with E-state index in [4.69, 9.17) is 16.6 Å². The smallest absolute Gasteiger partial charge is 0.260 e. The van der Waals surface area contributed by atoms with E-state index in [1.165, 1.54) is 16.2 Å². The normalized spacial score (nSPS) is 13.6. The first-order chi connectivity index (χ1) is 16.4. The van der Waals surface area contributed by atoms with Crippen molar-refractivity contribution in [1.29, 1.82) is 0 Å². The van der Waals surface area contributed by atoms with Crippen LogP contribution in [0, 0.1) is 6.92 Å². The molecule has 8 heteroatoms. The Kier molecular flexibility index (Phi) is 5.89. The minimum atomic E-state index is -0.234. The summed E-state index contributed by atoms with van der Waals surface area (Å²) >= 11 is 7.79. The second kappa shape index (κ2) is 9.00. The fourth-order valence-corrected chi connectivity index (χ4v) is 5.29. The number of anilines is 2. The second-order valence-electron chi connectivity index (χ2n) is 8.09. The molecule has 3 amide bonds. The maximum absolute atomic E-state index is 13.7. The van der Waals surface area contributed by atoms with Crippen LogP contribution in [0.4, 0.5) is 10.8 Å². The number of hydrogen-bond donors (Lipinski definition) is 0. The van der Waals surface area contributed by atoms with E-state index in [9.17, 15) is 14.4 Å². The number of carbonyl (C=O) groups excluding carboxylic acids is 3. The third-order valence-electron chi connectivity index (χ3n) is 5.77. The quantitative estimate of drug-likeness (QED) is 0.334. The Labute approximate surface area is 205 Å². The van der Waals surface area contributed by atoms with Gasteiger partial charge in [0.15, 0.2) is 5.13 Å². The van der Waals surface area contributed by atoms with Crippen LogP contribution in [-0.4, -0.2) is 22.7 Å². The number of nitrogens with zero attached hydrogens (tertiary/aromatic N) is 3. The third kappa shape index (κ3) is 4.08. The number of thiazole rings is 1. The molecular weight excluding hydrogens is 470 g/mol. The van der Waals surface area contributed by atoms with Crippen LogP contribution in [-0.2, 0) is 16.1 Å². The molecule has 0 saturated carbocycles. The number of aromatic nitrogens is 1. The molecule has 1 fully saturated rings. The van der Waals surface area contributed by atoms with Crippen molar-refractivity contribution in [2.75, 3.05) is 9.80 Å². The molecule has 170 valence electrons. The van der Waals surface area contributed by atoms with Gasteiger partial charge >= 0.3 is 0 Å². The summed E-state index contributed by atoms with van der Waals surface area (Å²) in [4.78, 5) is 45.3. The van der Waals surface area contributed by atoms with E-state index in [0.29, 0.717) is 27.9 Å². The molecule has 3 aromatic carbocycles. The van der Waals surface area contributed by atoms with Crippen molar-refractivity contribution in [3.8, 4) is 0 Å². The number of rotatable bonds is 5. The lowest BCUT2D eigenvalue weighted by Gasteiger charge is -2.21. The Bertz CT molecular complexity index is 1360. The average Bonchev–Trinajstić information content (AvgIpc) is 3.45. The van der Waals surface area contributed by atoms with Gasteiger partial charge in [0.05, 0.1) is 27.5 Å². The highest BCUT2D eigenvalue weighted by Crippen LogP contribution is 2.37. The summed E-state index contributed by atoms with van der Waals surface area (Å²) in [5.41, 5.74) is 3.63. The van der Waals surface area contributed by atoms with E-state index < -0.39 is 0 Å². The fraction of sp³-hybridized carbons (Fsp3) is 0.154. The molecule has 0 unspecified atom stereocenters. The molecule has 34 heavy (non-hydrogen) atoms. The Morgan fingerprint density at radius 2 is 1.68 bits per heavy atom. The molecule has 2 heterocycles. The topological polar surface area (TPSA) is 70.6 Å². The Balaban J connectivity index is 1.52. The fourth-order valence-electron chi connectivity index (χ4n) is 3.97. The van der Waals surface area contributed by atoms with Crippen LogP contribution in [0.5, 0.6) is 0 Å². The van der Waals surface area contributed by atoms with Crippen LogP contribution in [0.2, 0.25) is 5.02 Å². The van der Waals surface area contributed by atoms with Crippen molar-refractivity contribution in [1.82, 2.24) is 4.98 Å². The zero-order valence-electron chi connectivity index (χ0n) is 18.3. The van der Waals surface area contributed by atoms with Crippen LogP contribution in [0.15, 0.2) is 66.7 Å². The molecule has 1 saturated heterocycles. The van der Waals surface area contributed by atoms with Gasteiger partial charge in [-0.25, -0.2) is 4.98 Å². The summed E-state index contributed by atoms with van der Waals surface area (Å²) in [7, 11) is 0. The predicted octanol–water partition coefficient (Wildman–Crippen LogP) is 5.76. The number of hydrogen-bond acceptors (Lipinski definition) is 5. The molecule has 6 nitrogen and oxygen atoms in total. The summed E-state index contributed by atoms with van der Waals surface area (Å²) < 4.78 is 0.837. The molecule has 0 bridgehead atoms. The van der Waals surface area contributed by atoms with Crippen molar-refractivity contribution in [2.24, 2.45) is 0 Å². The number of halogens is 1. The number of amides is 3. The van der Waals surface area contributed by atoms with Gasteiger partial charge < -0.3 is 0 Å². The van der Waals surface area contributed by atoms with Gasteiger partial charge in [0.25, 0.3) is 5.91 Å². The van der Waals surface area contributed by atoms with E-state index in [1.54, 1.807) is 29.2 Å². The third-order valence-corrected chi connectivity index (χ3v) is 7.31. The average molecular weight is 490 g/mol. The second-order valence-corrected chi connectivity index (χ2v) is 9.47. The molecule has 0 radical (unpaired) electrons. The number of imide groups is 1. The molecular formula is C26H20ClN3O3S. The first kappa shape index (κ1) is 22.3. The maximum Gasteiger partial charge on any atom is 0.260 e. The SMILES string of the molecule is Cc1ccc(Cl)c2sc(N(Cc3ccccc3)C(=O)c3ccc(N4C(=O)CCC4=O)cc3)nc12. The van der Waals surface area contributed by atoms with Crippen LogP contribution in [0.25, 0.3) is 10.2 Å². The Morgan fingerprint density at radius 1 is 1.00 bits per heavy atom. The summed E-state index contributed by atoms with van der Waals surface area (Å²) in [5.74, 6) is -0.685. The van der Waals surface area contributed by atoms with Crippen LogP contribution < -0.4 is 9.80 Å². The van der Waals surface area contributed by atoms with Gasteiger partial charge in [0.2, 0.25) is 11.8 Å². The minimum absolute atomic E-state index is 0.212. The zero-order chi connectivity index (χ0) is 23.8. The lowest BCUT2D eigenvalue weighted by Crippen LogP contribution is -2.31. The van der Waals surface area contributed by atoms with Crippen LogP contribution in [0.3, 0.4) is 0 Å². The number of aryl methyl sites for hydroxylation is 1. The Morgan fingerprint density at radius 3 is 2.32 bits per heavy atom. The molecule has 4 aromatic rings. The summed E-state index contributed by atoms with van der Waals surface area (Å²) in [6.07, 6.45) is 0.425. The van der Waals surface area contributed by atoms with Crippen LogP contribution in [0.1, 0.15) is 34.3 Å². The van der Waals surface area contributed by atoms with Crippen molar-refractivity contribution in [2.45, 2.75) is 26.3 Å². The molecule has 5 rings (SSSR count). The molecule has 0 aliphatic carbocycles. The number of carbonyl (C=O) groups is 3. The van der Waals surface area contributed by atoms with Crippen molar-refractivity contribution >= 4 is 61.7 Å². The first-order valence-electron chi connectivity index (χ1n) is 10.8. The van der Waals surface area contributed by atoms with Gasteiger partial charge in [-0.15, -0.1) is 0 Å². The molecule has 1 aliphatic heterocycles. The summed E-state index contributed by atoms with van der Waals surface area (Å²) in [6.45, 7) is 2.30. The minimum Gasteiger partial charge on any atom is -0.279 e. The molecule has 1 aromatic heterocycles.